The second-order valence-electron chi connectivity index (χ2n) is 6.84. The van der Waals surface area contributed by atoms with Crippen molar-refractivity contribution in [1.29, 1.82) is 0 Å². The molecule has 0 saturated carbocycles. The van der Waals surface area contributed by atoms with Gasteiger partial charge in [0.1, 0.15) is 17.2 Å². The molecule has 0 aliphatic rings. The lowest BCUT2D eigenvalue weighted by molar-refractivity contribution is 1.09. The number of imidazole rings is 1. The monoisotopic (exact) mass is 353 g/mol. The van der Waals surface area contributed by atoms with Crippen LogP contribution < -0.4 is 5.32 Å². The van der Waals surface area contributed by atoms with Crippen molar-refractivity contribution in [3.8, 4) is 0 Å². The number of hydrogen-bond acceptors (Lipinski definition) is 2. The highest BCUT2D eigenvalue weighted by atomic mass is 15.1. The third kappa shape index (κ3) is 3.36. The highest BCUT2D eigenvalue weighted by Gasteiger charge is 2.13. The second kappa shape index (κ2) is 7.12. The average Bonchev–Trinajstić information content (AvgIpc) is 3.03. The van der Waals surface area contributed by atoms with E-state index in [4.69, 9.17) is 4.98 Å². The number of pyridine rings is 1. The lowest BCUT2D eigenvalue weighted by Gasteiger charge is -2.14. The molecular formula is C24H23N3. The molecule has 2 aromatic heterocycles. The Hall–Kier alpha value is -3.33. The minimum Gasteiger partial charge on any atom is -0.339 e. The molecule has 0 aliphatic heterocycles. The summed E-state index contributed by atoms with van der Waals surface area (Å²) in [6.45, 7) is 6.37. The van der Waals surface area contributed by atoms with E-state index in [0.717, 1.165) is 34.1 Å². The summed E-state index contributed by atoms with van der Waals surface area (Å²) in [5.41, 5.74) is 7.75. The third-order valence-corrected chi connectivity index (χ3v) is 4.82. The van der Waals surface area contributed by atoms with E-state index < -0.39 is 0 Å². The maximum atomic E-state index is 4.86. The molecular weight excluding hydrogens is 330 g/mol. The van der Waals surface area contributed by atoms with Gasteiger partial charge in [-0.2, -0.15) is 0 Å². The van der Waals surface area contributed by atoms with Crippen LogP contribution in [0.5, 0.6) is 0 Å². The number of nitrogens with zero attached hydrogens (tertiary/aromatic N) is 2. The molecule has 4 rings (SSSR count). The largest absolute Gasteiger partial charge is 0.339 e. The first-order chi connectivity index (χ1) is 13.1. The number of fused-ring (bicyclic) bond motifs is 1. The molecule has 0 unspecified atom stereocenters. The molecule has 1 N–H and O–H groups in total. The zero-order chi connectivity index (χ0) is 18.8. The van der Waals surface area contributed by atoms with Crippen molar-refractivity contribution < 1.29 is 0 Å². The first kappa shape index (κ1) is 17.1. The van der Waals surface area contributed by atoms with Crippen molar-refractivity contribution in [2.45, 2.75) is 20.8 Å². The molecule has 3 nitrogen and oxygen atoms in total. The Morgan fingerprint density at radius 3 is 2.22 bits per heavy atom. The van der Waals surface area contributed by atoms with E-state index in [9.17, 15) is 0 Å². The first-order valence-electron chi connectivity index (χ1n) is 9.18. The summed E-state index contributed by atoms with van der Waals surface area (Å²) in [4.78, 5) is 4.86. The summed E-state index contributed by atoms with van der Waals surface area (Å²) in [5.74, 6) is 0.993. The van der Waals surface area contributed by atoms with Crippen LogP contribution in [-0.2, 0) is 0 Å². The molecule has 2 aromatic carbocycles. The molecule has 0 atom stereocenters. The van der Waals surface area contributed by atoms with E-state index in [2.05, 4.69) is 79.0 Å². The van der Waals surface area contributed by atoms with Crippen LogP contribution in [0.3, 0.4) is 0 Å². The van der Waals surface area contributed by atoms with Crippen LogP contribution in [0.2, 0.25) is 0 Å². The summed E-state index contributed by atoms with van der Waals surface area (Å²) in [5, 5.41) is 3.66. The van der Waals surface area contributed by atoms with Gasteiger partial charge in [0.05, 0.1) is 0 Å². The third-order valence-electron chi connectivity index (χ3n) is 4.82. The van der Waals surface area contributed by atoms with Crippen LogP contribution in [-0.4, -0.2) is 9.38 Å². The van der Waals surface area contributed by atoms with Gasteiger partial charge in [0.2, 0.25) is 0 Å². The fraction of sp³-hybridized carbons (Fsp3) is 0.125. The summed E-state index contributed by atoms with van der Waals surface area (Å²) < 4.78 is 2.18. The SMILES string of the molecule is Cc1cccc(C)c1Nc1c(C=Cc2ccccc2)nc2cccc(C)n12. The smallest absolute Gasteiger partial charge is 0.142 e. The summed E-state index contributed by atoms with van der Waals surface area (Å²) in [6.07, 6.45) is 4.19. The van der Waals surface area contributed by atoms with E-state index in [-0.39, 0.29) is 0 Å². The predicted molar refractivity (Wildman–Crippen MR) is 114 cm³/mol. The van der Waals surface area contributed by atoms with Gasteiger partial charge in [-0.15, -0.1) is 0 Å². The quantitative estimate of drug-likeness (QED) is 0.475. The van der Waals surface area contributed by atoms with Crippen molar-refractivity contribution in [2.75, 3.05) is 5.32 Å². The number of nitrogens with one attached hydrogen (secondary N) is 1. The Kier molecular flexibility index (Phi) is 4.51. The standard InChI is InChI=1S/C24H23N3/c1-17-9-7-10-18(2)23(17)26-24-21(16-15-20-12-5-4-6-13-20)25-22-14-8-11-19(3)27(22)24/h4-16,26H,1-3H3. The molecule has 3 heteroatoms. The molecule has 27 heavy (non-hydrogen) atoms. The van der Waals surface area contributed by atoms with Crippen molar-refractivity contribution in [3.05, 3.63) is 94.8 Å². The molecule has 0 radical (unpaired) electrons. The van der Waals surface area contributed by atoms with Crippen molar-refractivity contribution in [2.24, 2.45) is 0 Å². The molecule has 0 fully saturated rings. The van der Waals surface area contributed by atoms with Gasteiger partial charge >= 0.3 is 0 Å². The number of aryl methyl sites for hydroxylation is 3. The van der Waals surface area contributed by atoms with Crippen molar-refractivity contribution in [3.63, 3.8) is 0 Å². The van der Waals surface area contributed by atoms with Crippen LogP contribution in [0.4, 0.5) is 11.5 Å². The molecule has 0 bridgehead atoms. The number of aromatic nitrogens is 2. The summed E-state index contributed by atoms with van der Waals surface area (Å²) in [6, 6.07) is 22.9. The minimum atomic E-state index is 0.927. The summed E-state index contributed by atoms with van der Waals surface area (Å²) >= 11 is 0. The molecule has 0 amide bonds. The number of rotatable bonds is 4. The Morgan fingerprint density at radius 1 is 0.778 bits per heavy atom. The van der Waals surface area contributed by atoms with E-state index >= 15 is 0 Å². The molecule has 0 saturated heterocycles. The van der Waals surface area contributed by atoms with Crippen LogP contribution in [0.25, 0.3) is 17.8 Å². The topological polar surface area (TPSA) is 29.3 Å². The number of hydrogen-bond donors (Lipinski definition) is 1. The maximum Gasteiger partial charge on any atom is 0.142 e. The summed E-state index contributed by atoms with van der Waals surface area (Å²) in [7, 11) is 0. The van der Waals surface area contributed by atoms with E-state index in [1.807, 2.05) is 30.3 Å². The molecule has 0 spiro atoms. The van der Waals surface area contributed by atoms with Crippen LogP contribution in [0.1, 0.15) is 28.1 Å². The molecule has 2 heterocycles. The normalized spacial score (nSPS) is 11.4. The van der Waals surface area contributed by atoms with Crippen molar-refractivity contribution >= 4 is 29.3 Å². The lowest BCUT2D eigenvalue weighted by atomic mass is 10.1. The molecule has 134 valence electrons. The lowest BCUT2D eigenvalue weighted by Crippen LogP contribution is -2.02. The van der Waals surface area contributed by atoms with Crippen LogP contribution in [0, 0.1) is 20.8 Å². The van der Waals surface area contributed by atoms with Gasteiger partial charge in [0.15, 0.2) is 0 Å². The zero-order valence-corrected chi connectivity index (χ0v) is 15.9. The fourth-order valence-corrected chi connectivity index (χ4v) is 3.38. The number of para-hydroxylation sites is 1. The maximum absolute atomic E-state index is 4.86. The van der Waals surface area contributed by atoms with Gasteiger partial charge in [-0.05, 0) is 55.7 Å². The highest BCUT2D eigenvalue weighted by Crippen LogP contribution is 2.29. The highest BCUT2D eigenvalue weighted by molar-refractivity contribution is 5.79. The Morgan fingerprint density at radius 2 is 1.48 bits per heavy atom. The van der Waals surface area contributed by atoms with E-state index in [1.54, 1.807) is 0 Å². The Balaban J connectivity index is 1.85. The molecule has 4 aromatic rings. The minimum absolute atomic E-state index is 0.927. The van der Waals surface area contributed by atoms with Gasteiger partial charge < -0.3 is 5.32 Å². The Bertz CT molecular complexity index is 1100. The number of anilines is 2. The van der Waals surface area contributed by atoms with Crippen LogP contribution >= 0.6 is 0 Å². The predicted octanol–water partition coefficient (Wildman–Crippen LogP) is 6.17. The fourth-order valence-electron chi connectivity index (χ4n) is 3.38. The van der Waals surface area contributed by atoms with E-state index in [0.29, 0.717) is 0 Å². The van der Waals surface area contributed by atoms with Gasteiger partial charge in [0.25, 0.3) is 0 Å². The van der Waals surface area contributed by atoms with Crippen LogP contribution in [0.15, 0.2) is 66.7 Å². The van der Waals surface area contributed by atoms with Crippen molar-refractivity contribution in [1.82, 2.24) is 9.38 Å². The Labute approximate surface area is 160 Å². The van der Waals surface area contributed by atoms with E-state index in [1.165, 1.54) is 11.1 Å². The number of benzene rings is 2. The molecule has 0 aliphatic carbocycles. The van der Waals surface area contributed by atoms with Gasteiger partial charge in [0, 0.05) is 11.4 Å². The average molecular weight is 353 g/mol. The van der Waals surface area contributed by atoms with Gasteiger partial charge in [-0.3, -0.25) is 4.40 Å². The van der Waals surface area contributed by atoms with Gasteiger partial charge in [-0.1, -0.05) is 60.7 Å². The zero-order valence-electron chi connectivity index (χ0n) is 15.9. The second-order valence-corrected chi connectivity index (χ2v) is 6.84. The van der Waals surface area contributed by atoms with Gasteiger partial charge in [-0.25, -0.2) is 4.98 Å². The first-order valence-corrected chi connectivity index (χ1v) is 9.18.